The molecule has 0 spiro atoms. The lowest BCUT2D eigenvalue weighted by atomic mass is 10.2. The van der Waals surface area contributed by atoms with Gasteiger partial charge in [-0.25, -0.2) is 13.1 Å². The highest BCUT2D eigenvalue weighted by Crippen LogP contribution is 2.22. The predicted molar refractivity (Wildman–Crippen MR) is 53.5 cm³/mol. The van der Waals surface area contributed by atoms with Crippen molar-refractivity contribution >= 4 is 10.0 Å². The quantitative estimate of drug-likeness (QED) is 0.778. The van der Waals surface area contributed by atoms with E-state index in [-0.39, 0.29) is 0 Å². The van der Waals surface area contributed by atoms with Crippen LogP contribution in [-0.4, -0.2) is 39.0 Å². The van der Waals surface area contributed by atoms with Crippen LogP contribution in [0.5, 0.6) is 0 Å². The average Bonchev–Trinajstić information content (AvgIpc) is 2.49. The second kappa shape index (κ2) is 4.89. The first-order chi connectivity index (χ1) is 7.21. The Morgan fingerprint density at radius 3 is 2.56 bits per heavy atom. The van der Waals surface area contributed by atoms with E-state index < -0.39 is 33.9 Å². The van der Waals surface area contributed by atoms with Gasteiger partial charge in [0.15, 0.2) is 0 Å². The summed E-state index contributed by atoms with van der Waals surface area (Å²) in [6.07, 6.45) is -5.06. The lowest BCUT2D eigenvalue weighted by molar-refractivity contribution is -0.137. The molecule has 2 N–H and O–H groups in total. The van der Waals surface area contributed by atoms with Gasteiger partial charge in [-0.05, 0) is 19.9 Å². The molecule has 96 valence electrons. The van der Waals surface area contributed by atoms with E-state index in [1.54, 1.807) is 0 Å². The largest absolute Gasteiger partial charge is 0.390 e. The second-order valence-electron chi connectivity index (χ2n) is 4.00. The summed E-state index contributed by atoms with van der Waals surface area (Å²) in [6, 6.07) is -1.12. The van der Waals surface area contributed by atoms with Gasteiger partial charge >= 0.3 is 6.18 Å². The number of hydrogen-bond acceptors (Lipinski definition) is 3. The van der Waals surface area contributed by atoms with Crippen molar-refractivity contribution in [2.75, 3.05) is 13.1 Å². The van der Waals surface area contributed by atoms with E-state index in [0.717, 1.165) is 0 Å². The normalized spacial score (nSPS) is 24.6. The molecule has 0 bridgehead atoms. The lowest BCUT2D eigenvalue weighted by Gasteiger charge is -2.18. The van der Waals surface area contributed by atoms with Crippen molar-refractivity contribution < 1.29 is 21.6 Å². The SMILES string of the molecule is CC(CC(F)(F)F)NS(=O)(=O)C1CCNC1. The highest BCUT2D eigenvalue weighted by atomic mass is 32.2. The maximum absolute atomic E-state index is 12.0. The Morgan fingerprint density at radius 1 is 1.50 bits per heavy atom. The highest BCUT2D eigenvalue weighted by molar-refractivity contribution is 7.90. The average molecular weight is 260 g/mol. The Balaban J connectivity index is 2.52. The summed E-state index contributed by atoms with van der Waals surface area (Å²) in [5.41, 5.74) is 0. The number of halogens is 3. The van der Waals surface area contributed by atoms with E-state index in [1.165, 1.54) is 6.92 Å². The smallest absolute Gasteiger partial charge is 0.315 e. The van der Waals surface area contributed by atoms with Crippen molar-refractivity contribution in [3.8, 4) is 0 Å². The first kappa shape index (κ1) is 13.7. The van der Waals surface area contributed by atoms with E-state index >= 15 is 0 Å². The van der Waals surface area contributed by atoms with Crippen molar-refractivity contribution in [2.24, 2.45) is 0 Å². The van der Waals surface area contributed by atoms with E-state index in [9.17, 15) is 21.6 Å². The zero-order valence-electron chi connectivity index (χ0n) is 8.84. The number of hydrogen-bond donors (Lipinski definition) is 2. The third kappa shape index (κ3) is 4.26. The maximum Gasteiger partial charge on any atom is 0.390 e. The summed E-state index contributed by atoms with van der Waals surface area (Å²) in [5, 5.41) is 2.24. The summed E-state index contributed by atoms with van der Waals surface area (Å²) >= 11 is 0. The van der Waals surface area contributed by atoms with Crippen LogP contribution in [-0.2, 0) is 10.0 Å². The van der Waals surface area contributed by atoms with Crippen molar-refractivity contribution in [3.05, 3.63) is 0 Å². The van der Waals surface area contributed by atoms with Crippen LogP contribution in [0.2, 0.25) is 0 Å². The van der Waals surface area contributed by atoms with Gasteiger partial charge in [0.1, 0.15) is 0 Å². The van der Waals surface area contributed by atoms with Gasteiger partial charge in [0, 0.05) is 12.6 Å². The molecule has 1 aliphatic rings. The first-order valence-corrected chi connectivity index (χ1v) is 6.54. The Hall–Kier alpha value is -0.340. The Kier molecular flexibility index (Phi) is 4.19. The molecule has 1 saturated heterocycles. The molecule has 0 aromatic carbocycles. The number of alkyl halides is 3. The molecule has 4 nitrogen and oxygen atoms in total. The van der Waals surface area contributed by atoms with E-state index in [0.29, 0.717) is 19.5 Å². The zero-order chi connectivity index (χ0) is 12.4. The summed E-state index contributed by atoms with van der Waals surface area (Å²) < 4.78 is 61.3. The van der Waals surface area contributed by atoms with Crippen LogP contribution in [0.15, 0.2) is 0 Å². The van der Waals surface area contributed by atoms with Gasteiger partial charge in [0.2, 0.25) is 10.0 Å². The Labute approximate surface area is 92.6 Å². The van der Waals surface area contributed by atoms with Gasteiger partial charge in [0.05, 0.1) is 11.7 Å². The molecule has 2 atom stereocenters. The molecule has 0 aromatic rings. The first-order valence-electron chi connectivity index (χ1n) is 4.99. The lowest BCUT2D eigenvalue weighted by Crippen LogP contribution is -2.42. The molecule has 0 aromatic heterocycles. The van der Waals surface area contributed by atoms with Crippen molar-refractivity contribution in [1.29, 1.82) is 0 Å². The van der Waals surface area contributed by atoms with Crippen LogP contribution in [0.1, 0.15) is 19.8 Å². The minimum Gasteiger partial charge on any atom is -0.315 e. The zero-order valence-corrected chi connectivity index (χ0v) is 9.66. The Bertz CT molecular complexity index is 323. The van der Waals surface area contributed by atoms with E-state index in [1.807, 2.05) is 0 Å². The third-order valence-corrected chi connectivity index (χ3v) is 4.37. The fraction of sp³-hybridized carbons (Fsp3) is 1.00. The fourth-order valence-electron chi connectivity index (χ4n) is 1.66. The highest BCUT2D eigenvalue weighted by Gasteiger charge is 2.34. The van der Waals surface area contributed by atoms with Crippen LogP contribution in [0.3, 0.4) is 0 Å². The third-order valence-electron chi connectivity index (χ3n) is 2.36. The fourth-order valence-corrected chi connectivity index (χ4v) is 3.26. The molecule has 1 heterocycles. The van der Waals surface area contributed by atoms with Gasteiger partial charge < -0.3 is 5.32 Å². The van der Waals surface area contributed by atoms with Crippen LogP contribution in [0.25, 0.3) is 0 Å². The minimum atomic E-state index is -4.35. The number of sulfonamides is 1. The van der Waals surface area contributed by atoms with Gasteiger partial charge in [-0.1, -0.05) is 0 Å². The molecular weight excluding hydrogens is 245 g/mol. The minimum absolute atomic E-state index is 0.300. The van der Waals surface area contributed by atoms with Crippen LogP contribution in [0, 0.1) is 0 Å². The van der Waals surface area contributed by atoms with Crippen molar-refractivity contribution in [2.45, 2.75) is 37.2 Å². The topological polar surface area (TPSA) is 58.2 Å². The van der Waals surface area contributed by atoms with E-state index in [2.05, 4.69) is 10.0 Å². The number of rotatable bonds is 4. The molecule has 2 unspecified atom stereocenters. The van der Waals surface area contributed by atoms with Gasteiger partial charge in [-0.15, -0.1) is 0 Å². The second-order valence-corrected chi connectivity index (χ2v) is 5.99. The molecule has 1 aliphatic heterocycles. The molecule has 1 fully saturated rings. The van der Waals surface area contributed by atoms with Crippen molar-refractivity contribution in [1.82, 2.24) is 10.0 Å². The summed E-state index contributed by atoms with van der Waals surface area (Å²) in [6.45, 7) is 2.10. The Morgan fingerprint density at radius 2 is 2.12 bits per heavy atom. The van der Waals surface area contributed by atoms with Crippen molar-refractivity contribution in [3.63, 3.8) is 0 Å². The summed E-state index contributed by atoms with van der Waals surface area (Å²) in [4.78, 5) is 0. The van der Waals surface area contributed by atoms with Gasteiger partial charge in [-0.3, -0.25) is 0 Å². The van der Waals surface area contributed by atoms with Gasteiger partial charge in [0.25, 0.3) is 0 Å². The molecule has 0 amide bonds. The molecular formula is C8H15F3N2O2S. The molecule has 1 rings (SSSR count). The molecule has 16 heavy (non-hydrogen) atoms. The molecule has 0 saturated carbocycles. The van der Waals surface area contributed by atoms with Crippen LogP contribution < -0.4 is 10.0 Å². The van der Waals surface area contributed by atoms with Gasteiger partial charge in [-0.2, -0.15) is 13.2 Å². The molecule has 8 heteroatoms. The summed E-state index contributed by atoms with van der Waals surface area (Å²) in [5.74, 6) is 0. The summed E-state index contributed by atoms with van der Waals surface area (Å²) in [7, 11) is -3.64. The number of nitrogens with one attached hydrogen (secondary N) is 2. The predicted octanol–water partition coefficient (Wildman–Crippen LogP) is 0.609. The van der Waals surface area contributed by atoms with Crippen LogP contribution >= 0.6 is 0 Å². The van der Waals surface area contributed by atoms with Crippen LogP contribution in [0.4, 0.5) is 13.2 Å². The molecule has 0 radical (unpaired) electrons. The maximum atomic E-state index is 12.0. The van der Waals surface area contributed by atoms with E-state index in [4.69, 9.17) is 0 Å². The monoisotopic (exact) mass is 260 g/mol. The standard InChI is InChI=1S/C8H15F3N2O2S/c1-6(4-8(9,10)11)13-16(14,15)7-2-3-12-5-7/h6-7,12-13H,2-5H2,1H3. The molecule has 0 aliphatic carbocycles.